The molecule has 2 rings (SSSR count). The summed E-state index contributed by atoms with van der Waals surface area (Å²) in [6.07, 6.45) is 0. The van der Waals surface area contributed by atoms with Gasteiger partial charge in [-0.2, -0.15) is 0 Å². The highest BCUT2D eigenvalue weighted by molar-refractivity contribution is 7.56. The number of nitrogens with zero attached hydrogens (tertiary/aromatic N) is 1. The third-order valence-corrected chi connectivity index (χ3v) is 5.88. The van der Waals surface area contributed by atoms with Crippen molar-refractivity contribution in [1.82, 2.24) is 0 Å². The van der Waals surface area contributed by atoms with E-state index >= 15 is 0 Å². The number of phenolic OH excluding ortho intramolecular Hbond substituents is 1. The molecule has 1 atom stereocenters. The SMILES string of the molecule is C/N=C(\C)c1cccc(C)c1Pc1cc(C)cc(C(C)(C)C)c1O. The van der Waals surface area contributed by atoms with Crippen molar-refractivity contribution in [2.45, 2.75) is 47.0 Å². The second-order valence-electron chi connectivity index (χ2n) is 7.39. The van der Waals surface area contributed by atoms with Gasteiger partial charge in [0.1, 0.15) is 5.75 Å². The van der Waals surface area contributed by atoms with Crippen molar-refractivity contribution in [3.8, 4) is 5.75 Å². The Bertz CT molecular complexity index is 785. The monoisotopic (exact) mass is 341 g/mol. The number of aromatic hydroxyl groups is 1. The van der Waals surface area contributed by atoms with Crippen molar-refractivity contribution in [2.24, 2.45) is 4.99 Å². The van der Waals surface area contributed by atoms with Crippen LogP contribution in [0.3, 0.4) is 0 Å². The van der Waals surface area contributed by atoms with E-state index in [-0.39, 0.29) is 5.41 Å². The third kappa shape index (κ3) is 3.87. The highest BCUT2D eigenvalue weighted by Gasteiger charge is 2.21. The second-order valence-corrected chi connectivity index (χ2v) is 8.68. The average molecular weight is 341 g/mol. The van der Waals surface area contributed by atoms with Crippen LogP contribution >= 0.6 is 8.58 Å². The predicted molar refractivity (Wildman–Crippen MR) is 108 cm³/mol. The minimum Gasteiger partial charge on any atom is -0.507 e. The van der Waals surface area contributed by atoms with E-state index in [1.807, 2.05) is 14.0 Å². The van der Waals surface area contributed by atoms with Gasteiger partial charge in [-0.3, -0.25) is 4.99 Å². The number of rotatable bonds is 3. The summed E-state index contributed by atoms with van der Waals surface area (Å²) >= 11 is 0. The summed E-state index contributed by atoms with van der Waals surface area (Å²) < 4.78 is 0. The maximum absolute atomic E-state index is 10.9. The number of benzene rings is 2. The summed E-state index contributed by atoms with van der Waals surface area (Å²) in [4.78, 5) is 4.36. The largest absolute Gasteiger partial charge is 0.507 e. The highest BCUT2D eigenvalue weighted by Crippen LogP contribution is 2.33. The van der Waals surface area contributed by atoms with Crippen LogP contribution < -0.4 is 10.6 Å². The summed E-state index contributed by atoms with van der Waals surface area (Å²) in [6, 6.07) is 10.5. The Morgan fingerprint density at radius 2 is 1.79 bits per heavy atom. The molecule has 128 valence electrons. The van der Waals surface area contributed by atoms with E-state index in [0.29, 0.717) is 14.3 Å². The molecule has 0 radical (unpaired) electrons. The van der Waals surface area contributed by atoms with E-state index in [1.165, 1.54) is 22.0 Å². The molecule has 2 nitrogen and oxygen atoms in total. The first-order valence-electron chi connectivity index (χ1n) is 8.29. The Balaban J connectivity index is 2.60. The Morgan fingerprint density at radius 3 is 2.38 bits per heavy atom. The van der Waals surface area contributed by atoms with Crippen LogP contribution in [0.1, 0.15) is 49.9 Å². The average Bonchev–Trinajstić information content (AvgIpc) is 2.50. The molecule has 0 amide bonds. The van der Waals surface area contributed by atoms with Gasteiger partial charge in [0.15, 0.2) is 0 Å². The van der Waals surface area contributed by atoms with Crippen molar-refractivity contribution < 1.29 is 5.11 Å². The number of phenols is 1. The van der Waals surface area contributed by atoms with Crippen LogP contribution in [0.4, 0.5) is 0 Å². The maximum Gasteiger partial charge on any atom is 0.127 e. The van der Waals surface area contributed by atoms with Gasteiger partial charge >= 0.3 is 0 Å². The molecule has 0 aliphatic heterocycles. The van der Waals surface area contributed by atoms with E-state index < -0.39 is 0 Å². The first-order valence-corrected chi connectivity index (χ1v) is 9.29. The second kappa shape index (κ2) is 7.07. The van der Waals surface area contributed by atoms with Crippen molar-refractivity contribution in [1.29, 1.82) is 0 Å². The summed E-state index contributed by atoms with van der Waals surface area (Å²) in [5.41, 5.74) is 5.58. The molecule has 0 spiro atoms. The maximum atomic E-state index is 10.9. The number of hydrogen-bond acceptors (Lipinski definition) is 2. The Hall–Kier alpha value is -1.66. The zero-order chi connectivity index (χ0) is 18.1. The smallest absolute Gasteiger partial charge is 0.127 e. The molecule has 0 heterocycles. The van der Waals surface area contributed by atoms with Gasteiger partial charge in [-0.1, -0.05) is 53.6 Å². The lowest BCUT2D eigenvalue weighted by Gasteiger charge is -2.23. The van der Waals surface area contributed by atoms with Gasteiger partial charge in [-0.15, -0.1) is 0 Å². The first kappa shape index (κ1) is 18.7. The van der Waals surface area contributed by atoms with Crippen LogP contribution in [0.2, 0.25) is 0 Å². The molecule has 0 saturated carbocycles. The first-order chi connectivity index (χ1) is 11.1. The molecule has 0 aliphatic carbocycles. The zero-order valence-corrected chi connectivity index (χ0v) is 16.8. The fourth-order valence-electron chi connectivity index (χ4n) is 2.84. The summed E-state index contributed by atoms with van der Waals surface area (Å²) in [5.74, 6) is 0.437. The minimum atomic E-state index is -0.0787. The summed E-state index contributed by atoms with van der Waals surface area (Å²) in [5, 5.41) is 13.1. The van der Waals surface area contributed by atoms with E-state index in [1.54, 1.807) is 0 Å². The highest BCUT2D eigenvalue weighted by atomic mass is 31.1. The third-order valence-electron chi connectivity index (χ3n) is 4.32. The topological polar surface area (TPSA) is 32.6 Å². The molecule has 2 aromatic carbocycles. The van der Waals surface area contributed by atoms with Crippen molar-refractivity contribution >= 4 is 24.9 Å². The molecule has 0 aliphatic rings. The van der Waals surface area contributed by atoms with Crippen LogP contribution in [0.15, 0.2) is 35.3 Å². The van der Waals surface area contributed by atoms with Crippen LogP contribution in [-0.2, 0) is 5.41 Å². The van der Waals surface area contributed by atoms with E-state index in [2.05, 4.69) is 69.9 Å². The molecule has 1 unspecified atom stereocenters. The molecule has 0 fully saturated rings. The van der Waals surface area contributed by atoms with Crippen molar-refractivity contribution in [2.75, 3.05) is 7.05 Å². The number of aliphatic imine (C=N–C) groups is 1. The molecule has 2 aromatic rings. The number of hydrogen-bond donors (Lipinski definition) is 1. The molecular weight excluding hydrogens is 313 g/mol. The lowest BCUT2D eigenvalue weighted by atomic mass is 9.85. The fourth-order valence-corrected chi connectivity index (χ4v) is 4.34. The Kier molecular flexibility index (Phi) is 5.50. The van der Waals surface area contributed by atoms with Crippen LogP contribution in [0, 0.1) is 13.8 Å². The van der Waals surface area contributed by atoms with Gasteiger partial charge in [0.05, 0.1) is 0 Å². The molecule has 0 aromatic heterocycles. The van der Waals surface area contributed by atoms with Crippen LogP contribution in [-0.4, -0.2) is 17.9 Å². The van der Waals surface area contributed by atoms with E-state index in [4.69, 9.17) is 0 Å². The van der Waals surface area contributed by atoms with Crippen molar-refractivity contribution in [3.63, 3.8) is 0 Å². The summed E-state index contributed by atoms with van der Waals surface area (Å²) in [6.45, 7) is 12.7. The van der Waals surface area contributed by atoms with E-state index in [0.717, 1.165) is 16.6 Å². The number of aryl methyl sites for hydroxylation is 2. The Labute approximate surface area is 147 Å². The minimum absolute atomic E-state index is 0.0787. The van der Waals surface area contributed by atoms with Gasteiger partial charge < -0.3 is 5.11 Å². The molecular formula is C21H28NOP. The molecule has 3 heteroatoms. The molecule has 0 saturated heterocycles. The summed E-state index contributed by atoms with van der Waals surface area (Å²) in [7, 11) is 2.24. The van der Waals surface area contributed by atoms with Gasteiger partial charge in [-0.05, 0) is 48.7 Å². The van der Waals surface area contributed by atoms with Gasteiger partial charge in [-0.25, -0.2) is 0 Å². The van der Waals surface area contributed by atoms with E-state index in [9.17, 15) is 5.11 Å². The predicted octanol–water partition coefficient (Wildman–Crippen LogP) is 4.37. The quantitative estimate of drug-likeness (QED) is 0.652. The lowest BCUT2D eigenvalue weighted by molar-refractivity contribution is 0.450. The Morgan fingerprint density at radius 1 is 1.12 bits per heavy atom. The standard InChI is InChI=1S/C21H28NOP/c1-13-11-17(21(4,5)6)19(23)18(12-13)24-20-14(2)9-8-10-16(20)15(3)22-7/h8-12,23-24H,1-7H3/b22-15+. The van der Waals surface area contributed by atoms with Crippen molar-refractivity contribution in [3.05, 3.63) is 52.6 Å². The van der Waals surface area contributed by atoms with Crippen LogP contribution in [0.5, 0.6) is 5.75 Å². The zero-order valence-electron chi connectivity index (χ0n) is 15.8. The molecule has 1 N–H and O–H groups in total. The van der Waals surface area contributed by atoms with Gasteiger partial charge in [0, 0.05) is 29.2 Å². The fraction of sp³-hybridized carbons (Fsp3) is 0.381. The molecule has 0 bridgehead atoms. The lowest BCUT2D eigenvalue weighted by Crippen LogP contribution is -2.19. The molecule has 24 heavy (non-hydrogen) atoms. The van der Waals surface area contributed by atoms with Crippen LogP contribution in [0.25, 0.3) is 0 Å². The normalized spacial score (nSPS) is 13.0. The van der Waals surface area contributed by atoms with Gasteiger partial charge in [0.2, 0.25) is 0 Å². The van der Waals surface area contributed by atoms with Gasteiger partial charge in [0.25, 0.3) is 0 Å².